The summed E-state index contributed by atoms with van der Waals surface area (Å²) >= 11 is 0. The number of aromatic nitrogens is 1. The first-order chi connectivity index (χ1) is 7.60. The zero-order valence-corrected chi connectivity index (χ0v) is 11.0. The minimum absolute atomic E-state index is 0.104. The Bertz CT molecular complexity index is 305. The molecule has 0 aliphatic rings. The van der Waals surface area contributed by atoms with Crippen molar-refractivity contribution < 1.29 is 4.42 Å². The molecule has 1 N–H and O–H groups in total. The first-order valence-corrected chi connectivity index (χ1v) is 6.26. The van der Waals surface area contributed by atoms with Gasteiger partial charge in [-0.3, -0.25) is 0 Å². The lowest BCUT2D eigenvalue weighted by atomic mass is 9.88. The minimum atomic E-state index is 0.104. The summed E-state index contributed by atoms with van der Waals surface area (Å²) in [5, 5.41) is 3.30. The van der Waals surface area contributed by atoms with Gasteiger partial charge < -0.3 is 9.73 Å². The Morgan fingerprint density at radius 2 is 2.12 bits per heavy atom. The summed E-state index contributed by atoms with van der Waals surface area (Å²) in [5.74, 6) is 1.88. The van der Waals surface area contributed by atoms with Gasteiger partial charge in [-0.05, 0) is 25.9 Å². The molecule has 0 fully saturated rings. The number of hydrogen-bond acceptors (Lipinski definition) is 3. The Balaban J connectivity index is 2.45. The molecule has 92 valence electrons. The topological polar surface area (TPSA) is 38.1 Å². The molecule has 16 heavy (non-hydrogen) atoms. The average Bonchev–Trinajstić information content (AvgIpc) is 2.74. The van der Waals surface area contributed by atoms with Gasteiger partial charge in [0.1, 0.15) is 5.76 Å². The third-order valence-electron chi connectivity index (χ3n) is 3.10. The lowest BCUT2D eigenvalue weighted by Gasteiger charge is -2.18. The molecule has 0 amide bonds. The maximum Gasteiger partial charge on any atom is 0.194 e. The van der Waals surface area contributed by atoms with Gasteiger partial charge in [0.2, 0.25) is 0 Å². The lowest BCUT2D eigenvalue weighted by molar-refractivity contribution is 0.353. The van der Waals surface area contributed by atoms with E-state index >= 15 is 0 Å². The second-order valence-corrected chi connectivity index (χ2v) is 4.81. The van der Waals surface area contributed by atoms with Crippen molar-refractivity contribution >= 4 is 0 Å². The summed E-state index contributed by atoms with van der Waals surface area (Å²) in [7, 11) is 0. The predicted molar refractivity (Wildman–Crippen MR) is 66.7 cm³/mol. The highest BCUT2D eigenvalue weighted by atomic mass is 16.4. The van der Waals surface area contributed by atoms with Crippen LogP contribution in [-0.2, 0) is 11.8 Å². The Labute approximate surface area is 98.6 Å². The molecule has 3 nitrogen and oxygen atoms in total. The SMILES string of the molecule is CCNCCCc1ncc(C(C)(C)CC)o1. The summed E-state index contributed by atoms with van der Waals surface area (Å²) in [6, 6.07) is 0. The number of hydrogen-bond donors (Lipinski definition) is 1. The molecule has 0 atom stereocenters. The maximum atomic E-state index is 5.78. The van der Waals surface area contributed by atoms with E-state index in [1.807, 2.05) is 6.20 Å². The molecule has 1 heterocycles. The molecular weight excluding hydrogens is 200 g/mol. The Morgan fingerprint density at radius 1 is 1.38 bits per heavy atom. The molecule has 0 saturated heterocycles. The Hall–Kier alpha value is -0.830. The van der Waals surface area contributed by atoms with E-state index in [-0.39, 0.29) is 5.41 Å². The van der Waals surface area contributed by atoms with E-state index in [9.17, 15) is 0 Å². The summed E-state index contributed by atoms with van der Waals surface area (Å²) < 4.78 is 5.78. The van der Waals surface area contributed by atoms with Gasteiger partial charge in [-0.25, -0.2) is 4.98 Å². The van der Waals surface area contributed by atoms with E-state index in [0.29, 0.717) is 0 Å². The van der Waals surface area contributed by atoms with Gasteiger partial charge in [0.15, 0.2) is 5.89 Å². The molecule has 0 aliphatic heterocycles. The first kappa shape index (κ1) is 13.2. The molecule has 1 rings (SSSR count). The number of nitrogens with one attached hydrogen (secondary N) is 1. The highest BCUT2D eigenvalue weighted by Gasteiger charge is 2.22. The molecule has 1 aromatic heterocycles. The van der Waals surface area contributed by atoms with Crippen LogP contribution in [0.2, 0.25) is 0 Å². The van der Waals surface area contributed by atoms with Crippen LogP contribution in [0.4, 0.5) is 0 Å². The monoisotopic (exact) mass is 224 g/mol. The third-order valence-corrected chi connectivity index (χ3v) is 3.10. The van der Waals surface area contributed by atoms with E-state index in [1.165, 1.54) is 0 Å². The molecule has 0 aliphatic carbocycles. The zero-order chi connectivity index (χ0) is 12.0. The summed E-state index contributed by atoms with van der Waals surface area (Å²) in [6.07, 6.45) is 4.96. The van der Waals surface area contributed by atoms with Crippen LogP contribution in [0, 0.1) is 0 Å². The largest absolute Gasteiger partial charge is 0.445 e. The minimum Gasteiger partial charge on any atom is -0.445 e. The molecule has 0 radical (unpaired) electrons. The fraction of sp³-hybridized carbons (Fsp3) is 0.769. The van der Waals surface area contributed by atoms with Crippen molar-refractivity contribution in [3.05, 3.63) is 17.8 Å². The van der Waals surface area contributed by atoms with Crippen LogP contribution >= 0.6 is 0 Å². The van der Waals surface area contributed by atoms with Gasteiger partial charge in [-0.1, -0.05) is 27.7 Å². The number of nitrogens with zero attached hydrogens (tertiary/aromatic N) is 1. The molecular formula is C13H24N2O. The van der Waals surface area contributed by atoms with Crippen LogP contribution < -0.4 is 5.32 Å². The molecule has 0 aromatic carbocycles. The second kappa shape index (κ2) is 6.04. The van der Waals surface area contributed by atoms with E-state index in [0.717, 1.165) is 44.0 Å². The van der Waals surface area contributed by atoms with Crippen molar-refractivity contribution in [2.45, 2.75) is 52.4 Å². The van der Waals surface area contributed by atoms with Gasteiger partial charge in [0.25, 0.3) is 0 Å². The average molecular weight is 224 g/mol. The normalized spacial score (nSPS) is 12.0. The maximum absolute atomic E-state index is 5.78. The summed E-state index contributed by atoms with van der Waals surface area (Å²) in [6.45, 7) is 10.7. The van der Waals surface area contributed by atoms with Crippen molar-refractivity contribution in [1.82, 2.24) is 10.3 Å². The van der Waals surface area contributed by atoms with Crippen LogP contribution in [-0.4, -0.2) is 18.1 Å². The van der Waals surface area contributed by atoms with Crippen LogP contribution in [0.25, 0.3) is 0 Å². The summed E-state index contributed by atoms with van der Waals surface area (Å²) in [5.41, 5.74) is 0.104. The summed E-state index contributed by atoms with van der Waals surface area (Å²) in [4.78, 5) is 4.33. The highest BCUT2D eigenvalue weighted by molar-refractivity contribution is 5.07. The van der Waals surface area contributed by atoms with Crippen LogP contribution in [0.1, 0.15) is 52.2 Å². The number of rotatable bonds is 7. The fourth-order valence-electron chi connectivity index (χ4n) is 1.45. The van der Waals surface area contributed by atoms with Gasteiger partial charge in [0.05, 0.1) is 6.20 Å². The fourth-order valence-corrected chi connectivity index (χ4v) is 1.45. The quantitative estimate of drug-likeness (QED) is 0.724. The smallest absolute Gasteiger partial charge is 0.194 e. The second-order valence-electron chi connectivity index (χ2n) is 4.81. The van der Waals surface area contributed by atoms with Gasteiger partial charge in [-0.15, -0.1) is 0 Å². The molecule has 0 unspecified atom stereocenters. The molecule has 0 saturated carbocycles. The molecule has 3 heteroatoms. The lowest BCUT2D eigenvalue weighted by Crippen LogP contribution is -2.15. The van der Waals surface area contributed by atoms with Crippen molar-refractivity contribution in [2.24, 2.45) is 0 Å². The van der Waals surface area contributed by atoms with E-state index in [2.05, 4.69) is 38.0 Å². The molecule has 1 aromatic rings. The first-order valence-electron chi connectivity index (χ1n) is 6.26. The van der Waals surface area contributed by atoms with Crippen molar-refractivity contribution in [1.29, 1.82) is 0 Å². The Kier molecular flexibility index (Phi) is 5.00. The van der Waals surface area contributed by atoms with Crippen LogP contribution in [0.3, 0.4) is 0 Å². The van der Waals surface area contributed by atoms with Gasteiger partial charge >= 0.3 is 0 Å². The number of aryl methyl sites for hydroxylation is 1. The van der Waals surface area contributed by atoms with Gasteiger partial charge in [-0.2, -0.15) is 0 Å². The van der Waals surface area contributed by atoms with Crippen molar-refractivity contribution in [3.8, 4) is 0 Å². The zero-order valence-electron chi connectivity index (χ0n) is 11.0. The molecule has 0 spiro atoms. The van der Waals surface area contributed by atoms with E-state index < -0.39 is 0 Å². The van der Waals surface area contributed by atoms with Crippen LogP contribution in [0.5, 0.6) is 0 Å². The predicted octanol–water partition coefficient (Wildman–Crippen LogP) is 2.90. The Morgan fingerprint density at radius 3 is 2.75 bits per heavy atom. The van der Waals surface area contributed by atoms with Crippen LogP contribution in [0.15, 0.2) is 10.6 Å². The highest BCUT2D eigenvalue weighted by Crippen LogP contribution is 2.27. The third kappa shape index (κ3) is 3.63. The standard InChI is InChI=1S/C13H24N2O/c1-5-13(3,4)11-10-15-12(16-11)8-7-9-14-6-2/h10,14H,5-9H2,1-4H3. The van der Waals surface area contributed by atoms with E-state index in [1.54, 1.807) is 0 Å². The molecule has 0 bridgehead atoms. The van der Waals surface area contributed by atoms with Gasteiger partial charge in [0, 0.05) is 11.8 Å². The number of oxazole rings is 1. The van der Waals surface area contributed by atoms with E-state index in [4.69, 9.17) is 4.42 Å². The van der Waals surface area contributed by atoms with Crippen molar-refractivity contribution in [3.63, 3.8) is 0 Å². The van der Waals surface area contributed by atoms with Crippen molar-refractivity contribution in [2.75, 3.05) is 13.1 Å².